The number of hydrogen-bond acceptors (Lipinski definition) is 3. The molecule has 0 bridgehead atoms. The minimum absolute atomic E-state index is 0.0507. The Morgan fingerprint density at radius 1 is 1.52 bits per heavy atom. The molecule has 6 heteroatoms. The number of aliphatic carboxylic acids is 1. The predicted octanol–water partition coefficient (Wildman–Crippen LogP) is 2.41. The van der Waals surface area contributed by atoms with Crippen LogP contribution in [0.2, 0.25) is 0 Å². The van der Waals surface area contributed by atoms with E-state index in [1.54, 1.807) is 22.1 Å². The molecule has 2 unspecified atom stereocenters. The van der Waals surface area contributed by atoms with Crippen LogP contribution in [0.3, 0.4) is 0 Å². The lowest BCUT2D eigenvalue weighted by Gasteiger charge is -2.39. The first kappa shape index (κ1) is 15.4. The molecule has 1 aliphatic rings. The molecule has 0 saturated carbocycles. The molecule has 0 aliphatic carbocycles. The molecule has 0 spiro atoms. The Morgan fingerprint density at radius 3 is 2.81 bits per heavy atom. The second-order valence-corrected chi connectivity index (χ2v) is 5.48. The van der Waals surface area contributed by atoms with Gasteiger partial charge in [-0.25, -0.2) is 4.79 Å². The molecule has 6 nitrogen and oxygen atoms in total. The van der Waals surface area contributed by atoms with E-state index >= 15 is 0 Å². The van der Waals surface area contributed by atoms with Crippen LogP contribution in [0.4, 0.5) is 4.79 Å². The van der Waals surface area contributed by atoms with Crippen LogP contribution >= 0.6 is 0 Å². The van der Waals surface area contributed by atoms with Crippen molar-refractivity contribution < 1.29 is 19.1 Å². The molecule has 21 heavy (non-hydrogen) atoms. The monoisotopic (exact) mass is 294 g/mol. The van der Waals surface area contributed by atoms with E-state index in [2.05, 4.69) is 0 Å². The Morgan fingerprint density at radius 2 is 2.29 bits per heavy atom. The van der Waals surface area contributed by atoms with Gasteiger partial charge in [0.05, 0.1) is 18.7 Å². The van der Waals surface area contributed by atoms with Gasteiger partial charge in [-0.2, -0.15) is 0 Å². The predicted molar refractivity (Wildman–Crippen MR) is 76.7 cm³/mol. The summed E-state index contributed by atoms with van der Waals surface area (Å²) in [4.78, 5) is 27.1. The van der Waals surface area contributed by atoms with Crippen LogP contribution in [0.15, 0.2) is 22.8 Å². The number of rotatable bonds is 4. The topological polar surface area (TPSA) is 74.0 Å². The highest BCUT2D eigenvalue weighted by Crippen LogP contribution is 2.24. The van der Waals surface area contributed by atoms with Crippen molar-refractivity contribution in [1.29, 1.82) is 0 Å². The molecule has 2 heterocycles. The van der Waals surface area contributed by atoms with E-state index in [9.17, 15) is 9.59 Å². The first-order valence-electron chi connectivity index (χ1n) is 7.33. The number of amides is 2. The molecular formula is C15H22N2O4. The first-order valence-corrected chi connectivity index (χ1v) is 7.33. The zero-order valence-corrected chi connectivity index (χ0v) is 12.5. The third-order valence-electron chi connectivity index (χ3n) is 4.05. The van der Waals surface area contributed by atoms with Gasteiger partial charge in [0.15, 0.2) is 0 Å². The highest BCUT2D eigenvalue weighted by atomic mass is 16.4. The van der Waals surface area contributed by atoms with E-state index in [1.165, 1.54) is 0 Å². The third kappa shape index (κ3) is 3.56. The Hall–Kier alpha value is -1.98. The van der Waals surface area contributed by atoms with E-state index in [0.29, 0.717) is 32.5 Å². The minimum atomic E-state index is -0.767. The number of hydrogen-bond donors (Lipinski definition) is 1. The van der Waals surface area contributed by atoms with Crippen LogP contribution in [-0.2, 0) is 11.3 Å². The molecule has 0 radical (unpaired) electrons. The summed E-state index contributed by atoms with van der Waals surface area (Å²) in [5.74, 6) is -0.362. The van der Waals surface area contributed by atoms with Gasteiger partial charge in [0.2, 0.25) is 0 Å². The summed E-state index contributed by atoms with van der Waals surface area (Å²) in [7, 11) is 0. The summed E-state index contributed by atoms with van der Waals surface area (Å²) < 4.78 is 5.29. The van der Waals surface area contributed by atoms with Crippen molar-refractivity contribution in [3.05, 3.63) is 24.2 Å². The quantitative estimate of drug-likeness (QED) is 0.925. The second kappa shape index (κ2) is 6.65. The zero-order chi connectivity index (χ0) is 15.4. The number of carbonyl (C=O) groups is 2. The lowest BCUT2D eigenvalue weighted by Crippen LogP contribution is -2.51. The number of nitrogens with zero attached hydrogens (tertiary/aromatic N) is 2. The summed E-state index contributed by atoms with van der Waals surface area (Å²) in [5, 5.41) is 9.08. The number of furan rings is 1. The molecule has 116 valence electrons. The maximum absolute atomic E-state index is 12.6. The number of likely N-dealkylation sites (tertiary alicyclic amines) is 1. The highest BCUT2D eigenvalue weighted by Gasteiger charge is 2.33. The van der Waals surface area contributed by atoms with Gasteiger partial charge in [0, 0.05) is 19.1 Å². The molecule has 2 rings (SSSR count). The van der Waals surface area contributed by atoms with Crippen LogP contribution in [0.1, 0.15) is 32.4 Å². The molecule has 1 saturated heterocycles. The Bertz CT molecular complexity index is 486. The average Bonchev–Trinajstić information content (AvgIpc) is 2.96. The van der Waals surface area contributed by atoms with Gasteiger partial charge < -0.3 is 19.3 Å². The van der Waals surface area contributed by atoms with Gasteiger partial charge in [-0.15, -0.1) is 0 Å². The van der Waals surface area contributed by atoms with Crippen molar-refractivity contribution in [3.63, 3.8) is 0 Å². The maximum atomic E-state index is 12.6. The van der Waals surface area contributed by atoms with Gasteiger partial charge in [-0.3, -0.25) is 4.79 Å². The van der Waals surface area contributed by atoms with Crippen LogP contribution < -0.4 is 0 Å². The van der Waals surface area contributed by atoms with Crippen molar-refractivity contribution in [2.75, 3.05) is 13.1 Å². The zero-order valence-electron chi connectivity index (χ0n) is 12.5. The Kier molecular flexibility index (Phi) is 4.88. The maximum Gasteiger partial charge on any atom is 0.320 e. The van der Waals surface area contributed by atoms with E-state index < -0.39 is 5.97 Å². The van der Waals surface area contributed by atoms with Crippen molar-refractivity contribution in [2.45, 2.75) is 39.3 Å². The molecule has 0 aromatic carbocycles. The fourth-order valence-corrected chi connectivity index (χ4v) is 2.77. The molecule has 2 amide bonds. The van der Waals surface area contributed by atoms with E-state index in [-0.39, 0.29) is 18.0 Å². The first-order chi connectivity index (χ1) is 10.0. The van der Waals surface area contributed by atoms with E-state index in [4.69, 9.17) is 9.52 Å². The van der Waals surface area contributed by atoms with Crippen LogP contribution in [0.5, 0.6) is 0 Å². The summed E-state index contributed by atoms with van der Waals surface area (Å²) in [5.41, 5.74) is 0. The molecular weight excluding hydrogens is 272 g/mol. The lowest BCUT2D eigenvalue weighted by atomic mass is 9.92. The standard InChI is InChI=1S/C15H22N2O4/c1-3-16(10-13-5-4-8-21-13)15(20)17-7-6-12(14(18)19)9-11(17)2/h4-5,8,11-12H,3,6-7,9-10H2,1-2H3,(H,18,19). The summed E-state index contributed by atoms with van der Waals surface area (Å²) in [6, 6.07) is 3.54. The van der Waals surface area contributed by atoms with Crippen molar-refractivity contribution in [2.24, 2.45) is 5.92 Å². The smallest absolute Gasteiger partial charge is 0.320 e. The van der Waals surface area contributed by atoms with Crippen molar-refractivity contribution >= 4 is 12.0 Å². The van der Waals surface area contributed by atoms with Gasteiger partial charge in [-0.05, 0) is 38.8 Å². The number of carboxylic acids is 1. The number of urea groups is 1. The second-order valence-electron chi connectivity index (χ2n) is 5.48. The molecule has 1 N–H and O–H groups in total. The number of carbonyl (C=O) groups excluding carboxylic acids is 1. The van der Waals surface area contributed by atoms with Crippen LogP contribution in [-0.4, -0.2) is 46.0 Å². The summed E-state index contributed by atoms with van der Waals surface area (Å²) >= 11 is 0. The highest BCUT2D eigenvalue weighted by molar-refractivity contribution is 5.76. The van der Waals surface area contributed by atoms with E-state index in [1.807, 2.05) is 19.9 Å². The van der Waals surface area contributed by atoms with Crippen molar-refractivity contribution in [3.8, 4) is 0 Å². The fraction of sp³-hybridized carbons (Fsp3) is 0.600. The normalized spacial score (nSPS) is 22.1. The fourth-order valence-electron chi connectivity index (χ4n) is 2.77. The number of carboxylic acid groups (broad SMARTS) is 1. The molecule has 1 aromatic heterocycles. The molecule has 1 aromatic rings. The minimum Gasteiger partial charge on any atom is -0.481 e. The van der Waals surface area contributed by atoms with Gasteiger partial charge in [-0.1, -0.05) is 0 Å². The summed E-state index contributed by atoms with van der Waals surface area (Å²) in [6.07, 6.45) is 2.62. The SMILES string of the molecule is CCN(Cc1ccco1)C(=O)N1CCC(C(=O)O)CC1C. The summed E-state index contributed by atoms with van der Waals surface area (Å²) in [6.45, 7) is 5.36. The molecule has 1 aliphatic heterocycles. The van der Waals surface area contributed by atoms with Crippen LogP contribution in [0.25, 0.3) is 0 Å². The van der Waals surface area contributed by atoms with Gasteiger partial charge >= 0.3 is 12.0 Å². The van der Waals surface area contributed by atoms with E-state index in [0.717, 1.165) is 5.76 Å². The molecule has 1 fully saturated rings. The lowest BCUT2D eigenvalue weighted by molar-refractivity contribution is -0.143. The van der Waals surface area contributed by atoms with Crippen LogP contribution in [0, 0.1) is 5.92 Å². The number of piperidine rings is 1. The van der Waals surface area contributed by atoms with Crippen molar-refractivity contribution in [1.82, 2.24) is 9.80 Å². The van der Waals surface area contributed by atoms with Gasteiger partial charge in [0.25, 0.3) is 0 Å². The Balaban J connectivity index is 1.99. The largest absolute Gasteiger partial charge is 0.481 e. The molecule has 2 atom stereocenters. The third-order valence-corrected chi connectivity index (χ3v) is 4.05. The average molecular weight is 294 g/mol. The van der Waals surface area contributed by atoms with Gasteiger partial charge in [0.1, 0.15) is 5.76 Å². The Labute approximate surface area is 124 Å².